The van der Waals surface area contributed by atoms with E-state index in [4.69, 9.17) is 5.11 Å². The molecule has 0 aromatic carbocycles. The summed E-state index contributed by atoms with van der Waals surface area (Å²) < 4.78 is 0. The number of Topliss-reactive ketones (excluding diaryl/α,β-unsaturated/α-hetero) is 1. The molecule has 0 bridgehead atoms. The van der Waals surface area contributed by atoms with Crippen molar-refractivity contribution >= 4 is 11.8 Å². The first-order valence-corrected chi connectivity index (χ1v) is 13.8. The van der Waals surface area contributed by atoms with Crippen molar-refractivity contribution in [3.8, 4) is 0 Å². The summed E-state index contributed by atoms with van der Waals surface area (Å²) in [6, 6.07) is 0. The number of carboxylic acid groups (broad SMARTS) is 1. The standard InChI is InChI=1S/C30H46O3/c1-19(8-7-9-20(2)25(32)33)21-12-14-28(6)23-11-10-22-26(3,4)24(31)13-15-29(22)18-30(23,29)17-16-27(21,28)5/h9,19,21-23H,7-8,10-18H2,1-6H3,(H,32,33)/b20-9-/t19-,21+,22-,23-,27+,28-,29+,30-/m0/s1. The summed E-state index contributed by atoms with van der Waals surface area (Å²) in [5.74, 6) is 2.55. The summed E-state index contributed by atoms with van der Waals surface area (Å²) in [6.45, 7) is 13.9. The Bertz CT molecular complexity index is 900. The highest BCUT2D eigenvalue weighted by Gasteiger charge is 2.82. The topological polar surface area (TPSA) is 54.4 Å². The molecule has 0 aromatic heterocycles. The van der Waals surface area contributed by atoms with Gasteiger partial charge in [0.05, 0.1) is 0 Å². The number of ketones is 1. The first-order valence-electron chi connectivity index (χ1n) is 13.8. The molecule has 5 aliphatic carbocycles. The number of aliphatic carboxylic acids is 1. The second kappa shape index (κ2) is 7.20. The van der Waals surface area contributed by atoms with Gasteiger partial charge in [-0.15, -0.1) is 0 Å². The normalized spacial score (nSPS) is 48.8. The van der Waals surface area contributed by atoms with E-state index in [0.29, 0.717) is 44.9 Å². The van der Waals surface area contributed by atoms with Gasteiger partial charge in [-0.1, -0.05) is 40.7 Å². The highest BCUT2D eigenvalue weighted by Crippen LogP contribution is 2.88. The molecule has 5 fully saturated rings. The van der Waals surface area contributed by atoms with Crippen molar-refractivity contribution in [3.05, 3.63) is 11.6 Å². The van der Waals surface area contributed by atoms with Crippen molar-refractivity contribution in [2.45, 2.75) is 112 Å². The number of carboxylic acids is 1. The summed E-state index contributed by atoms with van der Waals surface area (Å²) in [6.07, 6.45) is 15.3. The lowest BCUT2D eigenvalue weighted by molar-refractivity contribution is -0.157. The number of hydrogen-bond donors (Lipinski definition) is 1. The Morgan fingerprint density at radius 3 is 2.36 bits per heavy atom. The lowest BCUT2D eigenvalue weighted by Gasteiger charge is -2.62. The molecular formula is C30H46O3. The van der Waals surface area contributed by atoms with Gasteiger partial charge in [0.15, 0.2) is 0 Å². The smallest absolute Gasteiger partial charge is 0.330 e. The van der Waals surface area contributed by atoms with Crippen LogP contribution in [0.4, 0.5) is 0 Å². The summed E-state index contributed by atoms with van der Waals surface area (Å²) in [4.78, 5) is 24.0. The fourth-order valence-corrected chi connectivity index (χ4v) is 11.0. The molecule has 3 nitrogen and oxygen atoms in total. The second-order valence-electron chi connectivity index (χ2n) is 14.0. The van der Waals surface area contributed by atoms with E-state index in [2.05, 4.69) is 34.6 Å². The van der Waals surface area contributed by atoms with Gasteiger partial charge in [0, 0.05) is 17.4 Å². The second-order valence-corrected chi connectivity index (χ2v) is 14.0. The molecule has 0 aromatic rings. The van der Waals surface area contributed by atoms with Crippen LogP contribution in [0.1, 0.15) is 112 Å². The molecule has 0 radical (unpaired) electrons. The average Bonchev–Trinajstić information content (AvgIpc) is 3.33. The predicted octanol–water partition coefficient (Wildman–Crippen LogP) is 7.44. The van der Waals surface area contributed by atoms with Crippen molar-refractivity contribution < 1.29 is 14.7 Å². The Kier molecular flexibility index (Phi) is 5.15. The largest absolute Gasteiger partial charge is 0.478 e. The number of allylic oxidation sites excluding steroid dienone is 1. The molecule has 0 amide bonds. The third-order valence-electron chi connectivity index (χ3n) is 13.0. The predicted molar refractivity (Wildman–Crippen MR) is 132 cm³/mol. The summed E-state index contributed by atoms with van der Waals surface area (Å²) in [5, 5.41) is 9.17. The molecule has 3 heteroatoms. The van der Waals surface area contributed by atoms with E-state index in [0.717, 1.165) is 37.5 Å². The third kappa shape index (κ3) is 2.86. The van der Waals surface area contributed by atoms with Crippen LogP contribution in [-0.4, -0.2) is 16.9 Å². The molecule has 0 heterocycles. The van der Waals surface area contributed by atoms with E-state index in [1.54, 1.807) is 6.92 Å². The highest BCUT2D eigenvalue weighted by molar-refractivity contribution is 5.86. The first kappa shape index (κ1) is 23.6. The van der Waals surface area contributed by atoms with Gasteiger partial charge in [-0.05, 0) is 116 Å². The van der Waals surface area contributed by atoms with Gasteiger partial charge < -0.3 is 5.11 Å². The minimum absolute atomic E-state index is 0.122. The molecule has 8 atom stereocenters. The molecule has 2 spiro atoms. The van der Waals surface area contributed by atoms with E-state index in [-0.39, 0.29) is 5.41 Å². The molecule has 5 aliphatic rings. The lowest BCUT2D eigenvalue weighted by atomic mass is 9.42. The third-order valence-corrected chi connectivity index (χ3v) is 13.0. The summed E-state index contributed by atoms with van der Waals surface area (Å²) >= 11 is 0. The molecule has 5 rings (SSSR count). The number of carbonyl (C=O) groups is 2. The van der Waals surface area contributed by atoms with Gasteiger partial charge >= 0.3 is 5.97 Å². The molecule has 5 saturated carbocycles. The number of fused-ring (bicyclic) bond motifs is 2. The quantitative estimate of drug-likeness (QED) is 0.439. The van der Waals surface area contributed by atoms with Crippen LogP contribution in [0, 0.1) is 50.7 Å². The van der Waals surface area contributed by atoms with Crippen molar-refractivity contribution in [2.75, 3.05) is 0 Å². The van der Waals surface area contributed by atoms with Gasteiger partial charge in [0.1, 0.15) is 5.78 Å². The Morgan fingerprint density at radius 1 is 1.00 bits per heavy atom. The van der Waals surface area contributed by atoms with Gasteiger partial charge in [0.2, 0.25) is 0 Å². The van der Waals surface area contributed by atoms with Gasteiger partial charge in [-0.3, -0.25) is 4.79 Å². The van der Waals surface area contributed by atoms with Crippen LogP contribution < -0.4 is 0 Å². The molecule has 0 saturated heterocycles. The van der Waals surface area contributed by atoms with E-state index in [9.17, 15) is 9.59 Å². The maximum Gasteiger partial charge on any atom is 0.330 e. The zero-order chi connectivity index (χ0) is 24.0. The van der Waals surface area contributed by atoms with E-state index in [1.165, 1.54) is 44.9 Å². The molecule has 184 valence electrons. The Labute approximate surface area is 201 Å². The van der Waals surface area contributed by atoms with Gasteiger partial charge in [-0.25, -0.2) is 4.79 Å². The molecule has 0 aliphatic heterocycles. The fraction of sp³-hybridized carbons (Fsp3) is 0.867. The van der Waals surface area contributed by atoms with E-state index >= 15 is 0 Å². The van der Waals surface area contributed by atoms with Crippen LogP contribution in [-0.2, 0) is 9.59 Å². The molecule has 33 heavy (non-hydrogen) atoms. The number of rotatable bonds is 5. The van der Waals surface area contributed by atoms with Crippen molar-refractivity contribution in [3.63, 3.8) is 0 Å². The van der Waals surface area contributed by atoms with Crippen molar-refractivity contribution in [1.29, 1.82) is 0 Å². The van der Waals surface area contributed by atoms with Crippen LogP contribution in [0.15, 0.2) is 11.6 Å². The van der Waals surface area contributed by atoms with Crippen LogP contribution >= 0.6 is 0 Å². The van der Waals surface area contributed by atoms with E-state index in [1.807, 2.05) is 6.08 Å². The highest BCUT2D eigenvalue weighted by atomic mass is 16.4. The van der Waals surface area contributed by atoms with Gasteiger partial charge in [-0.2, -0.15) is 0 Å². The SMILES string of the molecule is C/C(=C/CC[C@H](C)[C@H]1CC[C@@]2(C)[C@@H]3CC[C@H]4C(C)(C)C(=O)CC[C@@]45C[C@@]35CC[C@]12C)C(=O)O. The number of carbonyl (C=O) groups excluding carboxylic acids is 1. The Hall–Kier alpha value is -1.12. The summed E-state index contributed by atoms with van der Waals surface area (Å²) in [5.41, 5.74) is 2.14. The van der Waals surface area contributed by atoms with E-state index < -0.39 is 5.97 Å². The monoisotopic (exact) mass is 454 g/mol. The zero-order valence-corrected chi connectivity index (χ0v) is 21.9. The minimum atomic E-state index is -0.790. The average molecular weight is 455 g/mol. The molecular weight excluding hydrogens is 408 g/mol. The Balaban J connectivity index is 1.37. The fourth-order valence-electron chi connectivity index (χ4n) is 11.0. The van der Waals surface area contributed by atoms with Crippen LogP contribution in [0.5, 0.6) is 0 Å². The molecule has 0 unspecified atom stereocenters. The van der Waals surface area contributed by atoms with Crippen LogP contribution in [0.25, 0.3) is 0 Å². The number of hydrogen-bond acceptors (Lipinski definition) is 2. The van der Waals surface area contributed by atoms with Crippen molar-refractivity contribution in [1.82, 2.24) is 0 Å². The Morgan fingerprint density at radius 2 is 1.67 bits per heavy atom. The minimum Gasteiger partial charge on any atom is -0.478 e. The van der Waals surface area contributed by atoms with Gasteiger partial charge in [0.25, 0.3) is 0 Å². The maximum absolute atomic E-state index is 12.8. The van der Waals surface area contributed by atoms with Crippen LogP contribution in [0.2, 0.25) is 0 Å². The zero-order valence-electron chi connectivity index (χ0n) is 21.9. The maximum atomic E-state index is 12.8. The van der Waals surface area contributed by atoms with Crippen LogP contribution in [0.3, 0.4) is 0 Å². The first-order chi connectivity index (χ1) is 15.4. The molecule has 1 N–H and O–H groups in total. The summed E-state index contributed by atoms with van der Waals surface area (Å²) in [7, 11) is 0. The van der Waals surface area contributed by atoms with Crippen molar-refractivity contribution in [2.24, 2.45) is 50.7 Å². The lowest BCUT2D eigenvalue weighted by Crippen LogP contribution is -2.57.